The molecule has 0 N–H and O–H groups in total. The Kier molecular flexibility index (Phi) is 4.46. The fraction of sp³-hybridized carbons (Fsp3) is 0.211. The Labute approximate surface area is 161 Å². The highest BCUT2D eigenvalue weighted by atomic mass is 32.2. The highest BCUT2D eigenvalue weighted by molar-refractivity contribution is 7.88. The summed E-state index contributed by atoms with van der Waals surface area (Å²) in [6.45, 7) is 0. The van der Waals surface area contributed by atoms with E-state index in [1.807, 2.05) is 18.2 Å². The quantitative estimate of drug-likeness (QED) is 0.672. The summed E-state index contributed by atoms with van der Waals surface area (Å²) in [4.78, 5) is 8.90. The number of rotatable bonds is 4. The number of para-hydroxylation sites is 2. The third-order valence-electron chi connectivity index (χ3n) is 4.51. The Bertz CT molecular complexity index is 1200. The van der Waals surface area contributed by atoms with Crippen molar-refractivity contribution in [3.05, 3.63) is 65.7 Å². The van der Waals surface area contributed by atoms with Gasteiger partial charge >= 0.3 is 0 Å². The summed E-state index contributed by atoms with van der Waals surface area (Å²) >= 11 is 0. The second-order valence-corrected chi connectivity index (χ2v) is 8.27. The van der Waals surface area contributed by atoms with E-state index in [0.29, 0.717) is 28.2 Å². The van der Waals surface area contributed by atoms with Crippen molar-refractivity contribution in [2.24, 2.45) is 5.10 Å². The van der Waals surface area contributed by atoms with Gasteiger partial charge in [0, 0.05) is 18.1 Å². The van der Waals surface area contributed by atoms with Crippen LogP contribution in [0.15, 0.2) is 53.8 Å². The van der Waals surface area contributed by atoms with Gasteiger partial charge in [0.25, 0.3) is 0 Å². The van der Waals surface area contributed by atoms with Crippen molar-refractivity contribution in [3.63, 3.8) is 0 Å². The van der Waals surface area contributed by atoms with Crippen LogP contribution in [0.1, 0.15) is 23.7 Å². The Morgan fingerprint density at radius 2 is 1.93 bits per heavy atom. The minimum atomic E-state index is -3.69. The highest BCUT2D eigenvalue weighted by Crippen LogP contribution is 2.34. The number of aromatic nitrogens is 2. The van der Waals surface area contributed by atoms with Crippen LogP contribution in [-0.2, 0) is 10.0 Å². The zero-order valence-electron chi connectivity index (χ0n) is 15.2. The summed E-state index contributed by atoms with van der Waals surface area (Å²) in [6.07, 6.45) is 2.78. The van der Waals surface area contributed by atoms with Crippen molar-refractivity contribution >= 4 is 26.8 Å². The van der Waals surface area contributed by atoms with Gasteiger partial charge in [-0.2, -0.15) is 9.52 Å². The number of sulfonamides is 1. The van der Waals surface area contributed by atoms with E-state index in [2.05, 4.69) is 15.1 Å². The molecule has 0 bridgehead atoms. The zero-order chi connectivity index (χ0) is 19.9. The van der Waals surface area contributed by atoms with E-state index in [1.54, 1.807) is 12.1 Å². The normalized spacial score (nSPS) is 17.0. The first-order valence-corrected chi connectivity index (χ1v) is 10.3. The number of methoxy groups -OCH3 is 1. The predicted octanol–water partition coefficient (Wildman–Crippen LogP) is 2.89. The van der Waals surface area contributed by atoms with Gasteiger partial charge in [0.05, 0.1) is 42.0 Å². The fourth-order valence-electron chi connectivity index (χ4n) is 3.17. The van der Waals surface area contributed by atoms with Crippen LogP contribution in [0.3, 0.4) is 0 Å². The molecule has 2 heterocycles. The molecule has 9 heteroatoms. The van der Waals surface area contributed by atoms with E-state index >= 15 is 0 Å². The fourth-order valence-corrected chi connectivity index (χ4v) is 4.06. The minimum Gasteiger partial charge on any atom is -0.497 e. The maximum Gasteiger partial charge on any atom is 0.247 e. The molecule has 0 unspecified atom stereocenters. The molecule has 7 nitrogen and oxygen atoms in total. The number of hydrogen-bond acceptors (Lipinski definition) is 6. The third-order valence-corrected chi connectivity index (χ3v) is 5.52. The SMILES string of the molecule is COc1ccc(C2=NN(S(C)(=O)=O)[C@H](c3cnc4ccccc4n3)C2)c(F)c1. The number of halogens is 1. The summed E-state index contributed by atoms with van der Waals surface area (Å²) in [5.74, 6) is -0.159. The van der Waals surface area contributed by atoms with Crippen LogP contribution >= 0.6 is 0 Å². The molecule has 3 aromatic rings. The Hall–Kier alpha value is -3.07. The molecule has 0 amide bonds. The topological polar surface area (TPSA) is 84.8 Å². The molecule has 0 spiro atoms. The lowest BCUT2D eigenvalue weighted by molar-refractivity contribution is 0.368. The van der Waals surface area contributed by atoms with Crippen LogP contribution < -0.4 is 4.74 Å². The first-order chi connectivity index (χ1) is 13.4. The van der Waals surface area contributed by atoms with E-state index in [4.69, 9.17) is 4.74 Å². The van der Waals surface area contributed by atoms with Crippen molar-refractivity contribution in [2.45, 2.75) is 12.5 Å². The van der Waals surface area contributed by atoms with Crippen molar-refractivity contribution in [1.29, 1.82) is 0 Å². The summed E-state index contributed by atoms with van der Waals surface area (Å²) in [7, 11) is -2.24. The number of hydrazone groups is 1. The molecule has 4 rings (SSSR count). The van der Waals surface area contributed by atoms with Gasteiger partial charge in [-0.05, 0) is 24.3 Å². The minimum absolute atomic E-state index is 0.184. The second-order valence-electron chi connectivity index (χ2n) is 6.43. The maximum atomic E-state index is 14.5. The van der Waals surface area contributed by atoms with Crippen LogP contribution in [0.4, 0.5) is 4.39 Å². The smallest absolute Gasteiger partial charge is 0.247 e. The molecule has 1 aliphatic rings. The first kappa shape index (κ1) is 18.3. The molecule has 1 aromatic heterocycles. The molecule has 1 atom stereocenters. The summed E-state index contributed by atoms with van der Waals surface area (Å²) < 4.78 is 45.1. The van der Waals surface area contributed by atoms with Crippen LogP contribution in [0.5, 0.6) is 5.75 Å². The van der Waals surface area contributed by atoms with Crippen LogP contribution in [0, 0.1) is 5.82 Å². The van der Waals surface area contributed by atoms with Crippen LogP contribution in [0.2, 0.25) is 0 Å². The van der Waals surface area contributed by atoms with E-state index in [1.165, 1.54) is 25.4 Å². The molecule has 1 aliphatic heterocycles. The van der Waals surface area contributed by atoms with E-state index in [0.717, 1.165) is 10.7 Å². The van der Waals surface area contributed by atoms with E-state index in [9.17, 15) is 12.8 Å². The Morgan fingerprint density at radius 1 is 1.18 bits per heavy atom. The monoisotopic (exact) mass is 400 g/mol. The average Bonchev–Trinajstić information content (AvgIpc) is 3.13. The van der Waals surface area contributed by atoms with E-state index < -0.39 is 21.9 Å². The molecular formula is C19H17FN4O3S. The third kappa shape index (κ3) is 3.29. The molecule has 0 saturated heterocycles. The highest BCUT2D eigenvalue weighted by Gasteiger charge is 2.36. The van der Waals surface area contributed by atoms with Crippen LogP contribution in [0.25, 0.3) is 11.0 Å². The lowest BCUT2D eigenvalue weighted by atomic mass is 10.0. The number of nitrogens with zero attached hydrogens (tertiary/aromatic N) is 4. The average molecular weight is 400 g/mol. The molecule has 0 fully saturated rings. The first-order valence-electron chi connectivity index (χ1n) is 8.49. The molecule has 0 radical (unpaired) electrons. The number of hydrogen-bond donors (Lipinski definition) is 0. The Morgan fingerprint density at radius 3 is 2.61 bits per heavy atom. The van der Waals surface area contributed by atoms with Gasteiger partial charge < -0.3 is 4.74 Å². The summed E-state index contributed by atoms with van der Waals surface area (Å²) in [5.41, 5.74) is 2.36. The van der Waals surface area contributed by atoms with Gasteiger partial charge in [-0.25, -0.2) is 17.8 Å². The second kappa shape index (κ2) is 6.83. The van der Waals surface area contributed by atoms with Crippen molar-refractivity contribution < 1.29 is 17.5 Å². The molecule has 0 aliphatic carbocycles. The zero-order valence-corrected chi connectivity index (χ0v) is 16.0. The van der Waals surface area contributed by atoms with Crippen molar-refractivity contribution in [3.8, 4) is 5.75 Å². The van der Waals surface area contributed by atoms with Gasteiger partial charge in [-0.15, -0.1) is 0 Å². The number of ether oxygens (including phenoxy) is 1. The van der Waals surface area contributed by atoms with Crippen molar-refractivity contribution in [1.82, 2.24) is 14.4 Å². The molecule has 2 aromatic carbocycles. The lowest BCUT2D eigenvalue weighted by Gasteiger charge is -2.20. The molecule has 28 heavy (non-hydrogen) atoms. The maximum absolute atomic E-state index is 14.5. The largest absolute Gasteiger partial charge is 0.497 e. The molecule has 0 saturated carbocycles. The standard InChI is InChI=1S/C19H17FN4O3S/c1-27-12-7-8-13(14(20)9-12)17-10-19(24(23-17)28(2,25)26)18-11-21-15-5-3-4-6-16(15)22-18/h3-9,11,19H,10H2,1-2H3/t19-/m0/s1. The summed E-state index contributed by atoms with van der Waals surface area (Å²) in [6, 6.07) is 11.0. The lowest BCUT2D eigenvalue weighted by Crippen LogP contribution is -2.26. The van der Waals surface area contributed by atoms with Gasteiger partial charge in [0.15, 0.2) is 0 Å². The summed E-state index contributed by atoms with van der Waals surface area (Å²) in [5, 5.41) is 4.20. The van der Waals surface area contributed by atoms with E-state index in [-0.39, 0.29) is 12.0 Å². The van der Waals surface area contributed by atoms with Crippen molar-refractivity contribution in [2.75, 3.05) is 13.4 Å². The van der Waals surface area contributed by atoms with Gasteiger partial charge in [-0.3, -0.25) is 4.98 Å². The predicted molar refractivity (Wildman–Crippen MR) is 103 cm³/mol. The number of benzene rings is 2. The molecular weight excluding hydrogens is 383 g/mol. The van der Waals surface area contributed by atoms with Gasteiger partial charge in [-0.1, -0.05) is 12.1 Å². The Balaban J connectivity index is 1.76. The van der Waals surface area contributed by atoms with Crippen LogP contribution in [-0.4, -0.2) is 41.9 Å². The molecule has 144 valence electrons. The number of fused-ring (bicyclic) bond motifs is 1. The van der Waals surface area contributed by atoms with Gasteiger partial charge in [0.2, 0.25) is 10.0 Å². The van der Waals surface area contributed by atoms with Gasteiger partial charge in [0.1, 0.15) is 17.6 Å².